The van der Waals surface area contributed by atoms with E-state index in [4.69, 9.17) is 9.47 Å². The van der Waals surface area contributed by atoms with Gasteiger partial charge in [-0.05, 0) is 12.1 Å². The van der Waals surface area contributed by atoms with Gasteiger partial charge < -0.3 is 14.8 Å². The van der Waals surface area contributed by atoms with Gasteiger partial charge in [0.05, 0.1) is 20.1 Å². The zero-order chi connectivity index (χ0) is 12.5. The highest BCUT2D eigenvalue weighted by Gasteiger charge is 2.04. The van der Waals surface area contributed by atoms with Crippen molar-refractivity contribution >= 4 is 18.5 Å². The number of rotatable bonds is 7. The summed E-state index contributed by atoms with van der Waals surface area (Å²) in [4.78, 5) is 11.3. The number of hydrogen-bond acceptors (Lipinski definition) is 4. The molecule has 0 aromatic heterocycles. The quantitative estimate of drug-likeness (QED) is 0.726. The molecule has 0 bridgehead atoms. The topological polar surface area (TPSA) is 47.6 Å². The zero-order valence-electron chi connectivity index (χ0n) is 9.81. The average molecular weight is 255 g/mol. The fourth-order valence-corrected chi connectivity index (χ4v) is 1.39. The van der Waals surface area contributed by atoms with Crippen molar-refractivity contribution in [1.29, 1.82) is 0 Å². The second kappa shape index (κ2) is 7.84. The van der Waals surface area contributed by atoms with E-state index in [1.807, 2.05) is 24.3 Å². The minimum atomic E-state index is -0.0334. The predicted octanol–water partition coefficient (Wildman–Crippen LogP) is 1.51. The molecule has 0 heterocycles. The lowest BCUT2D eigenvalue weighted by atomic mass is 10.3. The largest absolute Gasteiger partial charge is 0.493 e. The summed E-state index contributed by atoms with van der Waals surface area (Å²) >= 11 is 4.01. The third-order valence-electron chi connectivity index (χ3n) is 2.09. The first-order valence-corrected chi connectivity index (χ1v) is 6.04. The molecule has 0 unspecified atom stereocenters. The average Bonchev–Trinajstić information content (AvgIpc) is 2.37. The Bertz CT molecular complexity index is 357. The van der Waals surface area contributed by atoms with Crippen LogP contribution in [0.1, 0.15) is 6.42 Å². The molecular formula is C12H17NO3S. The van der Waals surface area contributed by atoms with Crippen molar-refractivity contribution in [3.8, 4) is 11.5 Å². The first-order valence-electron chi connectivity index (χ1n) is 5.41. The smallest absolute Gasteiger partial charge is 0.223 e. The van der Waals surface area contributed by atoms with E-state index in [-0.39, 0.29) is 5.91 Å². The molecular weight excluding hydrogens is 238 g/mol. The minimum absolute atomic E-state index is 0.0334. The Morgan fingerprint density at radius 3 is 2.71 bits per heavy atom. The van der Waals surface area contributed by atoms with E-state index in [2.05, 4.69) is 17.9 Å². The van der Waals surface area contributed by atoms with Crippen LogP contribution in [0.4, 0.5) is 0 Å². The number of ether oxygens (including phenoxy) is 2. The fraction of sp³-hybridized carbons (Fsp3) is 0.417. The van der Waals surface area contributed by atoms with E-state index in [1.54, 1.807) is 7.11 Å². The maximum absolute atomic E-state index is 11.3. The van der Waals surface area contributed by atoms with E-state index in [0.717, 1.165) is 0 Å². The molecule has 0 radical (unpaired) electrons. The van der Waals surface area contributed by atoms with Crippen LogP contribution in [0.25, 0.3) is 0 Å². The van der Waals surface area contributed by atoms with Crippen molar-refractivity contribution in [2.24, 2.45) is 0 Å². The molecule has 0 aliphatic heterocycles. The Morgan fingerprint density at radius 1 is 1.35 bits per heavy atom. The molecule has 0 saturated carbocycles. The molecule has 0 aliphatic carbocycles. The molecule has 1 amide bonds. The Hall–Kier alpha value is -1.36. The van der Waals surface area contributed by atoms with Crippen molar-refractivity contribution in [3.05, 3.63) is 24.3 Å². The number of amides is 1. The molecule has 1 aromatic carbocycles. The number of methoxy groups -OCH3 is 1. The van der Waals surface area contributed by atoms with Crippen LogP contribution >= 0.6 is 12.6 Å². The van der Waals surface area contributed by atoms with E-state index in [1.165, 1.54) is 0 Å². The summed E-state index contributed by atoms with van der Waals surface area (Å²) in [5.74, 6) is 1.92. The lowest BCUT2D eigenvalue weighted by Gasteiger charge is -2.10. The first kappa shape index (κ1) is 13.7. The molecule has 17 heavy (non-hydrogen) atoms. The number of carbonyl (C=O) groups excluding carboxylic acids is 1. The van der Waals surface area contributed by atoms with Gasteiger partial charge in [0, 0.05) is 12.3 Å². The van der Waals surface area contributed by atoms with Crippen LogP contribution in [-0.2, 0) is 4.79 Å². The standard InChI is InChI=1S/C12H17NO3S/c1-15-10-4-2-3-5-11(10)16-8-6-12(14)13-7-9-17/h2-5,17H,6-9H2,1H3,(H,13,14). The Labute approximate surface area is 107 Å². The summed E-state index contributed by atoms with van der Waals surface area (Å²) in [7, 11) is 1.58. The lowest BCUT2D eigenvalue weighted by Crippen LogP contribution is -2.26. The van der Waals surface area contributed by atoms with Gasteiger partial charge in [0.25, 0.3) is 0 Å². The summed E-state index contributed by atoms with van der Waals surface area (Å²) in [5.41, 5.74) is 0. The summed E-state index contributed by atoms with van der Waals surface area (Å²) in [6.07, 6.45) is 0.325. The summed E-state index contributed by atoms with van der Waals surface area (Å²) in [5, 5.41) is 2.72. The number of para-hydroxylation sites is 2. The van der Waals surface area contributed by atoms with Crippen LogP contribution in [0.3, 0.4) is 0 Å². The molecule has 5 heteroatoms. The second-order valence-corrected chi connectivity index (χ2v) is 3.77. The van der Waals surface area contributed by atoms with Crippen LogP contribution in [0, 0.1) is 0 Å². The van der Waals surface area contributed by atoms with Gasteiger partial charge in [-0.15, -0.1) is 0 Å². The number of hydrogen-bond donors (Lipinski definition) is 2. The predicted molar refractivity (Wildman–Crippen MR) is 70.0 cm³/mol. The number of benzene rings is 1. The monoisotopic (exact) mass is 255 g/mol. The Kier molecular flexibility index (Phi) is 6.32. The van der Waals surface area contributed by atoms with Crippen LogP contribution in [-0.4, -0.2) is 31.9 Å². The molecule has 0 spiro atoms. The van der Waals surface area contributed by atoms with Gasteiger partial charge in [-0.25, -0.2) is 0 Å². The Balaban J connectivity index is 2.33. The highest BCUT2D eigenvalue weighted by Crippen LogP contribution is 2.25. The molecule has 1 aromatic rings. The third kappa shape index (κ3) is 4.99. The van der Waals surface area contributed by atoms with Gasteiger partial charge in [0.2, 0.25) is 5.91 Å². The van der Waals surface area contributed by atoms with E-state index in [9.17, 15) is 4.79 Å². The minimum Gasteiger partial charge on any atom is -0.493 e. The Morgan fingerprint density at radius 2 is 2.06 bits per heavy atom. The molecule has 1 rings (SSSR count). The summed E-state index contributed by atoms with van der Waals surface area (Å²) < 4.78 is 10.6. The van der Waals surface area contributed by atoms with Gasteiger partial charge in [0.1, 0.15) is 0 Å². The fourth-order valence-electron chi connectivity index (χ4n) is 1.28. The molecule has 0 fully saturated rings. The number of thiol groups is 1. The van der Waals surface area contributed by atoms with Gasteiger partial charge in [-0.1, -0.05) is 12.1 Å². The van der Waals surface area contributed by atoms with Gasteiger partial charge in [-0.2, -0.15) is 12.6 Å². The molecule has 0 aliphatic rings. The maximum Gasteiger partial charge on any atom is 0.223 e. The van der Waals surface area contributed by atoms with E-state index < -0.39 is 0 Å². The summed E-state index contributed by atoms with van der Waals surface area (Å²) in [6.45, 7) is 0.912. The van der Waals surface area contributed by atoms with Gasteiger partial charge in [-0.3, -0.25) is 4.79 Å². The normalized spacial score (nSPS) is 9.76. The zero-order valence-corrected chi connectivity index (χ0v) is 10.7. The van der Waals surface area contributed by atoms with Crippen LogP contribution in [0.15, 0.2) is 24.3 Å². The SMILES string of the molecule is COc1ccccc1OCCC(=O)NCCS. The van der Waals surface area contributed by atoms with E-state index in [0.29, 0.717) is 36.8 Å². The van der Waals surface area contributed by atoms with E-state index >= 15 is 0 Å². The second-order valence-electron chi connectivity index (χ2n) is 3.32. The maximum atomic E-state index is 11.3. The highest BCUT2D eigenvalue weighted by atomic mass is 32.1. The first-order chi connectivity index (χ1) is 8.27. The van der Waals surface area contributed by atoms with Crippen molar-refractivity contribution in [3.63, 3.8) is 0 Å². The summed E-state index contributed by atoms with van der Waals surface area (Å²) in [6, 6.07) is 7.35. The van der Waals surface area contributed by atoms with Crippen molar-refractivity contribution in [2.45, 2.75) is 6.42 Å². The highest BCUT2D eigenvalue weighted by molar-refractivity contribution is 7.80. The third-order valence-corrected chi connectivity index (χ3v) is 2.31. The van der Waals surface area contributed by atoms with Crippen LogP contribution in [0.5, 0.6) is 11.5 Å². The van der Waals surface area contributed by atoms with Crippen LogP contribution in [0.2, 0.25) is 0 Å². The van der Waals surface area contributed by atoms with Gasteiger partial charge >= 0.3 is 0 Å². The van der Waals surface area contributed by atoms with Gasteiger partial charge in [0.15, 0.2) is 11.5 Å². The van der Waals surface area contributed by atoms with Crippen molar-refractivity contribution < 1.29 is 14.3 Å². The van der Waals surface area contributed by atoms with Crippen molar-refractivity contribution in [2.75, 3.05) is 26.0 Å². The molecule has 1 N–H and O–H groups in total. The van der Waals surface area contributed by atoms with Crippen LogP contribution < -0.4 is 14.8 Å². The number of carbonyl (C=O) groups is 1. The molecule has 0 atom stereocenters. The molecule has 4 nitrogen and oxygen atoms in total. The molecule has 0 saturated heterocycles. The number of nitrogens with one attached hydrogen (secondary N) is 1. The lowest BCUT2D eigenvalue weighted by molar-refractivity contribution is -0.121. The molecule has 94 valence electrons. The van der Waals surface area contributed by atoms with Crippen molar-refractivity contribution in [1.82, 2.24) is 5.32 Å².